The third kappa shape index (κ3) is 4.54. The molecule has 3 aromatic carbocycles. The lowest BCUT2D eigenvalue weighted by Gasteiger charge is -2.19. The molecule has 0 amide bonds. The van der Waals surface area contributed by atoms with Crippen LogP contribution in [-0.4, -0.2) is 21.5 Å². The summed E-state index contributed by atoms with van der Waals surface area (Å²) in [6.07, 6.45) is 2.40. The maximum atomic E-state index is 12.8. The van der Waals surface area contributed by atoms with Crippen LogP contribution in [0.1, 0.15) is 12.8 Å². The third-order valence-corrected chi connectivity index (χ3v) is 7.44. The van der Waals surface area contributed by atoms with Gasteiger partial charge in [-0.05, 0) is 54.8 Å². The zero-order chi connectivity index (χ0) is 22.2. The number of anilines is 4. The number of sulfonamides is 1. The number of hydrogen-bond donors (Lipinski definition) is 3. The van der Waals surface area contributed by atoms with Gasteiger partial charge in [0.2, 0.25) is 0 Å². The van der Waals surface area contributed by atoms with Crippen molar-refractivity contribution in [3.8, 4) is 11.1 Å². The largest absolute Gasteiger partial charge is 0.397 e. The molecule has 1 fully saturated rings. The van der Waals surface area contributed by atoms with Gasteiger partial charge in [0.1, 0.15) is 4.90 Å². The van der Waals surface area contributed by atoms with E-state index in [9.17, 15) is 8.42 Å². The lowest BCUT2D eigenvalue weighted by atomic mass is 10.0. The Balaban J connectivity index is 1.61. The summed E-state index contributed by atoms with van der Waals surface area (Å²) in [5.41, 5.74) is 15.0. The van der Waals surface area contributed by atoms with Crippen molar-refractivity contribution in [1.29, 1.82) is 0 Å². The van der Waals surface area contributed by atoms with Crippen LogP contribution in [0.4, 0.5) is 22.7 Å². The molecule has 0 saturated carbocycles. The van der Waals surface area contributed by atoms with E-state index >= 15 is 0 Å². The number of nitrogens with two attached hydrogens (primary N) is 2. The summed E-state index contributed by atoms with van der Waals surface area (Å²) >= 11 is 12.6. The number of halogens is 2. The molecule has 0 aliphatic carbocycles. The maximum Gasteiger partial charge on any atom is 0.263 e. The number of benzene rings is 3. The lowest BCUT2D eigenvalue weighted by molar-refractivity contribution is 0.601. The molecule has 0 radical (unpaired) electrons. The van der Waals surface area contributed by atoms with Crippen molar-refractivity contribution in [2.75, 3.05) is 34.2 Å². The van der Waals surface area contributed by atoms with E-state index in [1.165, 1.54) is 25.0 Å². The predicted octanol–water partition coefficient (Wildman–Crippen LogP) is 5.23. The van der Waals surface area contributed by atoms with Crippen LogP contribution in [0.2, 0.25) is 10.0 Å². The fourth-order valence-electron chi connectivity index (χ4n) is 3.66. The van der Waals surface area contributed by atoms with Gasteiger partial charge in [-0.2, -0.15) is 0 Å². The normalized spacial score (nSPS) is 14.1. The van der Waals surface area contributed by atoms with Crippen LogP contribution in [-0.2, 0) is 10.0 Å². The van der Waals surface area contributed by atoms with Gasteiger partial charge in [0.25, 0.3) is 10.0 Å². The van der Waals surface area contributed by atoms with Crippen molar-refractivity contribution in [3.63, 3.8) is 0 Å². The highest BCUT2D eigenvalue weighted by Crippen LogP contribution is 2.35. The SMILES string of the molecule is Nc1cc(Cl)c(S(=O)(=O)Nc2ccc(-c3cccc(N4CCCC4)c3)c(Cl)c2)cc1N. The number of nitrogens with one attached hydrogen (secondary N) is 1. The fraction of sp³-hybridized carbons (Fsp3) is 0.182. The summed E-state index contributed by atoms with van der Waals surface area (Å²) in [4.78, 5) is 2.20. The summed E-state index contributed by atoms with van der Waals surface area (Å²) in [6.45, 7) is 2.10. The molecule has 4 rings (SSSR count). The number of nitrogen functional groups attached to an aromatic ring is 2. The van der Waals surface area contributed by atoms with Gasteiger partial charge < -0.3 is 16.4 Å². The van der Waals surface area contributed by atoms with Crippen LogP contribution in [0.3, 0.4) is 0 Å². The van der Waals surface area contributed by atoms with E-state index in [4.69, 9.17) is 34.7 Å². The van der Waals surface area contributed by atoms with Gasteiger partial charge in [-0.25, -0.2) is 8.42 Å². The highest BCUT2D eigenvalue weighted by atomic mass is 35.5. The van der Waals surface area contributed by atoms with Crippen LogP contribution in [0, 0.1) is 0 Å². The van der Waals surface area contributed by atoms with Gasteiger partial charge in [-0.1, -0.05) is 41.4 Å². The maximum absolute atomic E-state index is 12.8. The molecular formula is C22H22Cl2N4O2S. The second-order valence-corrected chi connectivity index (χ2v) is 9.92. The molecule has 9 heteroatoms. The Labute approximate surface area is 191 Å². The van der Waals surface area contributed by atoms with E-state index < -0.39 is 10.0 Å². The van der Waals surface area contributed by atoms with Gasteiger partial charge in [0, 0.05) is 24.3 Å². The smallest absolute Gasteiger partial charge is 0.263 e. The van der Waals surface area contributed by atoms with Crippen LogP contribution >= 0.6 is 23.2 Å². The van der Waals surface area contributed by atoms with Gasteiger partial charge >= 0.3 is 0 Å². The van der Waals surface area contributed by atoms with Crippen molar-refractivity contribution in [2.24, 2.45) is 0 Å². The highest BCUT2D eigenvalue weighted by Gasteiger charge is 2.20. The van der Waals surface area contributed by atoms with Crippen LogP contribution in [0.5, 0.6) is 0 Å². The molecule has 1 aliphatic rings. The molecule has 6 nitrogen and oxygen atoms in total. The van der Waals surface area contributed by atoms with Gasteiger partial charge in [-0.15, -0.1) is 0 Å². The molecule has 1 saturated heterocycles. The predicted molar refractivity (Wildman–Crippen MR) is 129 cm³/mol. The number of rotatable bonds is 5. The van der Waals surface area contributed by atoms with E-state index in [-0.39, 0.29) is 21.3 Å². The van der Waals surface area contributed by atoms with Crippen LogP contribution in [0.15, 0.2) is 59.5 Å². The summed E-state index contributed by atoms with van der Waals surface area (Å²) in [7, 11) is -3.98. The molecular weight excluding hydrogens is 455 g/mol. The molecule has 0 bridgehead atoms. The Bertz CT molecular complexity index is 1240. The number of hydrogen-bond acceptors (Lipinski definition) is 5. The fourth-order valence-corrected chi connectivity index (χ4v) is 5.57. The molecule has 1 aliphatic heterocycles. The Morgan fingerprint density at radius 1 is 0.871 bits per heavy atom. The van der Waals surface area contributed by atoms with Crippen molar-refractivity contribution in [1.82, 2.24) is 0 Å². The van der Waals surface area contributed by atoms with Crippen LogP contribution < -0.4 is 21.1 Å². The third-order valence-electron chi connectivity index (χ3n) is 5.28. The second-order valence-electron chi connectivity index (χ2n) is 7.46. The van der Waals surface area contributed by atoms with E-state index in [1.807, 2.05) is 12.1 Å². The number of nitrogens with zero attached hydrogens (tertiary/aromatic N) is 1. The van der Waals surface area contributed by atoms with Crippen LogP contribution in [0.25, 0.3) is 11.1 Å². The van der Waals surface area contributed by atoms with Crippen molar-refractivity contribution < 1.29 is 8.42 Å². The minimum atomic E-state index is -3.98. The Hall–Kier alpha value is -2.61. The second kappa shape index (κ2) is 8.49. The molecule has 162 valence electrons. The van der Waals surface area contributed by atoms with E-state index in [1.54, 1.807) is 18.2 Å². The monoisotopic (exact) mass is 476 g/mol. The first-order valence-electron chi connectivity index (χ1n) is 9.77. The molecule has 0 unspecified atom stereocenters. The minimum absolute atomic E-state index is 0.0133. The minimum Gasteiger partial charge on any atom is -0.397 e. The van der Waals surface area contributed by atoms with E-state index in [2.05, 4.69) is 21.8 Å². The standard InChI is InChI=1S/C22H22Cl2N4O2S/c23-18-11-15(27-31(29,30)22-13-21(26)20(25)12-19(22)24)6-7-17(18)14-4-3-5-16(10-14)28-8-1-2-9-28/h3-7,10-13,27H,1-2,8-9,25-26H2. The molecule has 1 heterocycles. The highest BCUT2D eigenvalue weighted by molar-refractivity contribution is 7.92. The Morgan fingerprint density at radius 2 is 1.58 bits per heavy atom. The summed E-state index contributed by atoms with van der Waals surface area (Å²) in [5, 5.41) is 0.419. The first-order valence-corrected chi connectivity index (χ1v) is 12.0. The molecule has 31 heavy (non-hydrogen) atoms. The Kier molecular flexibility index (Phi) is 5.92. The lowest BCUT2D eigenvalue weighted by Crippen LogP contribution is -2.17. The molecule has 0 aromatic heterocycles. The summed E-state index contributed by atoms with van der Waals surface area (Å²) < 4.78 is 28.1. The van der Waals surface area contributed by atoms with E-state index in [0.717, 1.165) is 29.9 Å². The molecule has 0 spiro atoms. The zero-order valence-electron chi connectivity index (χ0n) is 16.6. The quantitative estimate of drug-likeness (QED) is 0.437. The Morgan fingerprint density at radius 3 is 2.29 bits per heavy atom. The van der Waals surface area contributed by atoms with Crippen molar-refractivity contribution in [3.05, 3.63) is 64.6 Å². The average molecular weight is 477 g/mol. The molecule has 3 aromatic rings. The van der Waals surface area contributed by atoms with Gasteiger partial charge in [0.15, 0.2) is 0 Å². The van der Waals surface area contributed by atoms with Gasteiger partial charge in [0.05, 0.1) is 27.1 Å². The first-order chi connectivity index (χ1) is 14.7. The zero-order valence-corrected chi connectivity index (χ0v) is 18.9. The van der Waals surface area contributed by atoms with Gasteiger partial charge in [-0.3, -0.25) is 4.72 Å². The molecule has 0 atom stereocenters. The van der Waals surface area contributed by atoms with E-state index in [0.29, 0.717) is 10.7 Å². The van der Waals surface area contributed by atoms with Crippen molar-refractivity contribution in [2.45, 2.75) is 17.7 Å². The van der Waals surface area contributed by atoms with Crippen molar-refractivity contribution >= 4 is 56.0 Å². The first kappa shape index (κ1) is 21.6. The average Bonchev–Trinajstić information content (AvgIpc) is 3.25. The summed E-state index contributed by atoms with van der Waals surface area (Å²) in [5.74, 6) is 0. The summed E-state index contributed by atoms with van der Waals surface area (Å²) in [6, 6.07) is 15.8. The topological polar surface area (TPSA) is 101 Å². The molecule has 5 N–H and O–H groups in total.